The third kappa shape index (κ3) is 8.69. The Hall–Kier alpha value is -1.52. The molecule has 5 saturated heterocycles. The van der Waals surface area contributed by atoms with Gasteiger partial charge in [0.2, 0.25) is 0 Å². The quantitative estimate of drug-likeness (QED) is 0.118. The topological polar surface area (TPSA) is 211 Å². The van der Waals surface area contributed by atoms with Crippen LogP contribution in [0.2, 0.25) is 0 Å². The van der Waals surface area contributed by atoms with Crippen molar-refractivity contribution in [3.63, 3.8) is 0 Å². The van der Waals surface area contributed by atoms with Crippen LogP contribution in [0.25, 0.3) is 0 Å². The number of hydrogen-bond acceptors (Lipinski definition) is 13. The molecule has 318 valence electrons. The van der Waals surface area contributed by atoms with Crippen LogP contribution in [-0.2, 0) is 23.8 Å². The molecule has 2 aliphatic carbocycles. The van der Waals surface area contributed by atoms with Gasteiger partial charge in [0, 0.05) is 23.8 Å². The molecule has 7 fully saturated rings. The van der Waals surface area contributed by atoms with Crippen LogP contribution < -0.4 is 27.4 Å². The predicted octanol–water partition coefficient (Wildman–Crippen LogP) is 2.10. The van der Waals surface area contributed by atoms with Crippen LogP contribution in [0.3, 0.4) is 0 Å². The van der Waals surface area contributed by atoms with E-state index in [9.17, 15) is 24.9 Å². The first-order valence-electron chi connectivity index (χ1n) is 22.3. The van der Waals surface area contributed by atoms with Crippen molar-refractivity contribution in [2.75, 3.05) is 33.3 Å². The van der Waals surface area contributed by atoms with E-state index in [1.165, 1.54) is 0 Å². The molecule has 5 aliphatic heterocycles. The van der Waals surface area contributed by atoms with E-state index < -0.39 is 48.0 Å². The monoisotopic (exact) mass is 788 g/mol. The van der Waals surface area contributed by atoms with Crippen LogP contribution in [0.5, 0.6) is 0 Å². The van der Waals surface area contributed by atoms with Gasteiger partial charge in [-0.1, -0.05) is 18.9 Å². The van der Waals surface area contributed by atoms with Crippen LogP contribution >= 0.6 is 0 Å². The molecule has 13 nitrogen and oxygen atoms in total. The van der Waals surface area contributed by atoms with Crippen LogP contribution in [0.1, 0.15) is 104 Å². The summed E-state index contributed by atoms with van der Waals surface area (Å²) in [5, 5.41) is 44.0. The fraction of sp³-hybridized carbons (Fsp3) is 0.907. The molecule has 5 heterocycles. The summed E-state index contributed by atoms with van der Waals surface area (Å²) in [6.45, 7) is 5.96. The summed E-state index contributed by atoms with van der Waals surface area (Å²) in [5.41, 5.74) is 13.1. The number of aliphatic hydroxyl groups excluding tert-OH is 3. The maximum absolute atomic E-state index is 14.2. The SMILES string of the molecule is CC=C(CCNC)C(=O)OC1CC2C(O)C3C(=O)CC(CO)OC3C3C(CC4CCCC(O)C4)C4CCNC(N)C4CCC(CC4CCC(N)NC4)C1(C)OC23. The van der Waals surface area contributed by atoms with E-state index in [-0.39, 0.29) is 72.8 Å². The maximum atomic E-state index is 14.2. The first-order chi connectivity index (χ1) is 26.9. The minimum atomic E-state index is -1.06. The Bertz CT molecular complexity index is 1380. The lowest BCUT2D eigenvalue weighted by Crippen LogP contribution is -2.71. The number of carbonyl (C=O) groups is 2. The van der Waals surface area contributed by atoms with Gasteiger partial charge < -0.3 is 56.9 Å². The van der Waals surface area contributed by atoms with Crippen molar-refractivity contribution in [1.82, 2.24) is 16.0 Å². The highest BCUT2D eigenvalue weighted by Gasteiger charge is 2.65. The summed E-state index contributed by atoms with van der Waals surface area (Å²) in [7, 11) is 1.86. The van der Waals surface area contributed by atoms with E-state index in [0.717, 1.165) is 83.7 Å². The first-order valence-corrected chi connectivity index (χ1v) is 22.3. The number of ether oxygens (including phenoxy) is 3. The second kappa shape index (κ2) is 18.4. The van der Waals surface area contributed by atoms with E-state index in [2.05, 4.69) is 22.9 Å². The average molecular weight is 788 g/mol. The molecule has 7 aliphatic rings. The molecule has 0 aromatic heterocycles. The number of nitrogens with one attached hydrogen (secondary N) is 3. The van der Waals surface area contributed by atoms with Crippen molar-refractivity contribution in [2.45, 2.75) is 158 Å². The minimum Gasteiger partial charge on any atom is -0.456 e. The van der Waals surface area contributed by atoms with Gasteiger partial charge in [-0.05, 0) is 147 Å². The number of rotatable bonds is 10. The van der Waals surface area contributed by atoms with Gasteiger partial charge in [0.15, 0.2) is 0 Å². The van der Waals surface area contributed by atoms with Crippen molar-refractivity contribution in [3.05, 3.63) is 11.6 Å². The fourth-order valence-electron chi connectivity index (χ4n) is 12.8. The molecular formula is C43H73N5O8. The zero-order chi connectivity index (χ0) is 39.7. The highest BCUT2D eigenvalue weighted by molar-refractivity contribution is 5.88. The van der Waals surface area contributed by atoms with E-state index in [0.29, 0.717) is 36.8 Å². The summed E-state index contributed by atoms with van der Waals surface area (Å²) < 4.78 is 21.2. The molecule has 2 bridgehead atoms. The number of allylic oxidation sites excluding steroid dienone is 1. The van der Waals surface area contributed by atoms with E-state index >= 15 is 0 Å². The Kier molecular flexibility index (Phi) is 14.0. The van der Waals surface area contributed by atoms with Gasteiger partial charge in [-0.15, -0.1) is 0 Å². The molecule has 2 saturated carbocycles. The maximum Gasteiger partial charge on any atom is 0.334 e. The largest absolute Gasteiger partial charge is 0.456 e. The number of nitrogens with two attached hydrogens (primary N) is 2. The lowest BCUT2D eigenvalue weighted by molar-refractivity contribution is -0.306. The molecule has 0 aromatic carbocycles. The zero-order valence-electron chi connectivity index (χ0n) is 34.2. The Morgan fingerprint density at radius 1 is 1.00 bits per heavy atom. The van der Waals surface area contributed by atoms with Gasteiger partial charge in [0.25, 0.3) is 0 Å². The van der Waals surface area contributed by atoms with Gasteiger partial charge in [-0.2, -0.15) is 0 Å². The summed E-state index contributed by atoms with van der Waals surface area (Å²) in [6, 6.07) is 0. The lowest BCUT2D eigenvalue weighted by Gasteiger charge is -2.62. The number of hydrogen-bond donors (Lipinski definition) is 8. The second-order valence-electron chi connectivity index (χ2n) is 19.0. The molecule has 10 N–H and O–H groups in total. The lowest BCUT2D eigenvalue weighted by atomic mass is 9.53. The van der Waals surface area contributed by atoms with Crippen LogP contribution in [-0.4, -0.2) is 115 Å². The van der Waals surface area contributed by atoms with Crippen molar-refractivity contribution in [1.29, 1.82) is 0 Å². The van der Waals surface area contributed by atoms with Crippen molar-refractivity contribution in [3.8, 4) is 0 Å². The molecule has 0 spiro atoms. The Morgan fingerprint density at radius 2 is 1.82 bits per heavy atom. The number of carbonyl (C=O) groups excluding carboxylic acids is 2. The number of piperidine rings is 2. The molecule has 18 unspecified atom stereocenters. The predicted molar refractivity (Wildman–Crippen MR) is 212 cm³/mol. The normalized spacial score (nSPS) is 47.3. The Labute approximate surface area is 334 Å². The number of esters is 1. The molecule has 56 heavy (non-hydrogen) atoms. The van der Waals surface area contributed by atoms with Gasteiger partial charge in [-0.3, -0.25) is 4.79 Å². The number of ketones is 1. The van der Waals surface area contributed by atoms with Crippen LogP contribution in [0.15, 0.2) is 11.6 Å². The van der Waals surface area contributed by atoms with E-state index in [1.54, 1.807) is 0 Å². The van der Waals surface area contributed by atoms with Crippen LogP contribution in [0.4, 0.5) is 0 Å². The van der Waals surface area contributed by atoms with Gasteiger partial charge in [0.1, 0.15) is 17.5 Å². The van der Waals surface area contributed by atoms with Gasteiger partial charge >= 0.3 is 5.97 Å². The fourth-order valence-corrected chi connectivity index (χ4v) is 12.8. The number of aliphatic hydroxyl groups is 3. The second-order valence-corrected chi connectivity index (χ2v) is 19.0. The number of Topliss-reactive ketones (excluding diaryl/α,β-unsaturated/α-hetero) is 1. The molecule has 7 rings (SSSR count). The molecule has 0 aromatic rings. The van der Waals surface area contributed by atoms with Gasteiger partial charge in [0.05, 0.1) is 55.4 Å². The molecule has 0 radical (unpaired) electrons. The molecular weight excluding hydrogens is 714 g/mol. The van der Waals surface area contributed by atoms with Crippen molar-refractivity contribution >= 4 is 11.8 Å². The molecule has 0 amide bonds. The van der Waals surface area contributed by atoms with Crippen molar-refractivity contribution in [2.24, 2.45) is 64.7 Å². The molecule has 13 heteroatoms. The summed E-state index contributed by atoms with van der Waals surface area (Å²) in [6.07, 6.45) is 8.52. The Morgan fingerprint density at radius 3 is 2.54 bits per heavy atom. The highest BCUT2D eigenvalue weighted by Crippen LogP contribution is 2.58. The third-order valence-electron chi connectivity index (χ3n) is 15.8. The first kappa shape index (κ1) is 42.6. The zero-order valence-corrected chi connectivity index (χ0v) is 34.2. The summed E-state index contributed by atoms with van der Waals surface area (Å²) in [4.78, 5) is 28.3. The van der Waals surface area contributed by atoms with Crippen molar-refractivity contribution < 1.29 is 39.1 Å². The highest BCUT2D eigenvalue weighted by atomic mass is 16.6. The number of fused-ring (bicyclic) bond motifs is 4. The Balaban J connectivity index is 1.35. The van der Waals surface area contributed by atoms with E-state index in [1.807, 2.05) is 20.0 Å². The summed E-state index contributed by atoms with van der Waals surface area (Å²) >= 11 is 0. The summed E-state index contributed by atoms with van der Waals surface area (Å²) in [5.74, 6) is -0.916. The molecule has 18 atom stereocenters. The van der Waals surface area contributed by atoms with Crippen LogP contribution in [0, 0.1) is 53.3 Å². The standard InChI is InChI=1S/C43H73N5O8/c1-4-25(12-14-46-3)42(53)55-34-20-32-38(52)37-33(51)19-28(22-49)54-40(37)36-31(18-23-6-5-7-27(50)17-23)29-13-15-47-41(45)30(29)10-9-26(43(34,2)56-39(32)36)16-24-8-11-35(44)48-21-24/h4,23-24,26-32,34-41,46-50,52H,5-22,44-45H2,1-3H3. The smallest absolute Gasteiger partial charge is 0.334 e. The van der Waals surface area contributed by atoms with E-state index in [4.69, 9.17) is 25.7 Å². The third-order valence-corrected chi connectivity index (χ3v) is 15.8. The minimum absolute atomic E-state index is 0.00294. The average Bonchev–Trinajstić information content (AvgIpc) is 3.17. The van der Waals surface area contributed by atoms with Gasteiger partial charge in [-0.25, -0.2) is 4.79 Å².